The molecule has 0 atom stereocenters. The number of hydrogen-bond acceptors (Lipinski definition) is 5. The predicted molar refractivity (Wildman–Crippen MR) is 562 cm³/mol. The highest BCUT2D eigenvalue weighted by Crippen LogP contribution is 2.56. The number of benzene rings is 19. The zero-order chi connectivity index (χ0) is 86.3. The summed E-state index contributed by atoms with van der Waals surface area (Å²) in [5, 5.41) is 13.7. The predicted octanol–water partition coefficient (Wildman–Crippen LogP) is 36.8. The first kappa shape index (κ1) is 82.9. The van der Waals surface area contributed by atoms with Crippen molar-refractivity contribution in [2.24, 2.45) is 0 Å². The molecule has 1 aliphatic carbocycles. The Balaban J connectivity index is 0.0000000977. The fourth-order valence-electron chi connectivity index (χ4n) is 17.9. The van der Waals surface area contributed by atoms with Gasteiger partial charge in [-0.2, -0.15) is 0 Å². The van der Waals surface area contributed by atoms with E-state index in [9.17, 15) is 0 Å². The van der Waals surface area contributed by atoms with Gasteiger partial charge in [-0.1, -0.05) is 422 Å². The fourth-order valence-corrected chi connectivity index (χ4v) is 23.7. The van der Waals surface area contributed by atoms with Gasteiger partial charge in [-0.25, -0.2) is 0 Å². The molecule has 0 saturated heterocycles. The first-order chi connectivity index (χ1) is 62.3. The van der Waals surface area contributed by atoms with Gasteiger partial charge in [0.1, 0.15) is 0 Å². The van der Waals surface area contributed by atoms with Crippen LogP contribution in [0.2, 0.25) is 0 Å². The Labute approximate surface area is 764 Å². The zero-order valence-electron chi connectivity index (χ0n) is 72.2. The molecule has 0 N–H and O–H groups in total. The molecule has 5 heterocycles. The van der Waals surface area contributed by atoms with Crippen LogP contribution in [0.3, 0.4) is 0 Å². The lowest BCUT2D eigenvalue weighted by molar-refractivity contribution is 0.767. The summed E-state index contributed by atoms with van der Waals surface area (Å²) in [6, 6.07) is 159. The van der Waals surface area contributed by atoms with Crippen LogP contribution in [-0.2, 0) is 5.41 Å². The number of aryl methyl sites for hydroxylation is 7. The van der Waals surface area contributed by atoms with Crippen molar-refractivity contribution in [2.45, 2.75) is 53.9 Å². The summed E-state index contributed by atoms with van der Waals surface area (Å²) >= 11 is 9.40. The van der Waals surface area contributed by atoms with E-state index in [1.54, 1.807) is 0 Å². The van der Waals surface area contributed by atoms with Crippen molar-refractivity contribution in [1.29, 1.82) is 0 Å². The topological polar surface area (TPSA) is 0 Å². The van der Waals surface area contributed by atoms with E-state index in [-0.39, 0.29) is 5.41 Å². The monoisotopic (exact) mass is 1720 g/mol. The molecule has 0 aliphatic heterocycles. The number of rotatable bonds is 6. The highest BCUT2D eigenvalue weighted by molar-refractivity contribution is 7.27. The van der Waals surface area contributed by atoms with Crippen LogP contribution in [0.1, 0.15) is 61.2 Å². The first-order valence-electron chi connectivity index (χ1n) is 43.5. The van der Waals surface area contributed by atoms with Gasteiger partial charge >= 0.3 is 0 Å². The summed E-state index contributed by atoms with van der Waals surface area (Å²) in [7, 11) is 0. The second-order valence-electron chi connectivity index (χ2n) is 32.9. The van der Waals surface area contributed by atoms with E-state index >= 15 is 0 Å². The normalized spacial score (nSPS) is 11.6. The summed E-state index contributed by atoms with van der Waals surface area (Å²) < 4.78 is 13.8. The van der Waals surface area contributed by atoms with Crippen molar-refractivity contribution in [3.63, 3.8) is 0 Å². The lowest BCUT2D eigenvalue weighted by atomic mass is 9.67. The summed E-state index contributed by atoms with van der Waals surface area (Å²) in [5.74, 6) is 0. The van der Waals surface area contributed by atoms with Crippen molar-refractivity contribution < 1.29 is 0 Å². The van der Waals surface area contributed by atoms with Gasteiger partial charge in [0, 0.05) is 101 Å². The van der Waals surface area contributed by atoms with Gasteiger partial charge in [0.2, 0.25) is 0 Å². The molecule has 0 fully saturated rings. The van der Waals surface area contributed by atoms with Crippen LogP contribution in [-0.4, -0.2) is 0 Å². The lowest BCUT2D eigenvalue weighted by Gasteiger charge is -2.34. The summed E-state index contributed by atoms with van der Waals surface area (Å²) in [6.45, 7) is 15.0. The van der Waals surface area contributed by atoms with Crippen LogP contribution in [0.4, 0.5) is 0 Å². The minimum Gasteiger partial charge on any atom is -0.135 e. The molecule has 24 aromatic rings. The van der Waals surface area contributed by atoms with Gasteiger partial charge in [-0.3, -0.25) is 0 Å². The molecule has 0 saturated carbocycles. The minimum atomic E-state index is -0.263. The molecule has 0 spiro atoms. The molecule has 0 bridgehead atoms. The lowest BCUT2D eigenvalue weighted by Crippen LogP contribution is -2.28. The standard InChI is InChI=1S/C26H20.3C19H14S.2C13H10S.C13H12/c1-19-16-17-23-22-14-8-9-15-24(22)26(25(23)18-19,20-10-4-2-5-11-20)21-12-6-3-7-13-21;1-13-6-4-7-14(12-13)15-9-5-10-17-16-8-2-3-11-18(16)20-19(15)17;1-13-5-4-6-14(11-13)15-9-10-19-17(12-15)16-7-2-3-8-18(16)20-19;1-13-9-11-14(12-10-13)15-6-4-7-17-16-5-2-3-8-18(16)20-19(15)17;1-9-5-4-7-11-10-6-2-3-8-12(10)14-13(9)11;1-9-6-7-13-11(8-9)10-4-2-3-5-12(10)14-13;1-11-7-9-13(10-8-11)12-5-3-2-4-6-12/h2-18H,1H3;3*2-12H,1H3;2*2-8H,1H3;2-10H,1H3. The molecule has 612 valence electrons. The SMILES string of the molecule is Cc1ccc(-c2cccc3c2sc2ccccc23)cc1.Cc1ccc(-c2ccccc2)cc1.Cc1ccc2c(c1)C(c1ccccc1)(c1ccccc1)c1ccccc1-2.Cc1ccc2sc3ccccc3c2c1.Cc1cccc(-c2ccc3sc4ccccc4c3c2)c1.Cc1cccc(-c2cccc3c2sc2ccccc23)c1.Cc1cccc2c1sc1ccccc12. The maximum Gasteiger partial charge on any atom is 0.0713 e. The minimum absolute atomic E-state index is 0.263. The molecular formula is C122H94S5. The largest absolute Gasteiger partial charge is 0.135 e. The van der Waals surface area contributed by atoms with Crippen molar-refractivity contribution in [3.05, 3.63) is 504 Å². The van der Waals surface area contributed by atoms with Crippen molar-refractivity contribution in [3.8, 4) is 55.6 Å². The number of fused-ring (bicyclic) bond motifs is 18. The van der Waals surface area contributed by atoms with Gasteiger partial charge in [-0.15, -0.1) is 56.7 Å². The summed E-state index contributed by atoms with van der Waals surface area (Å²) in [6.07, 6.45) is 0. The summed E-state index contributed by atoms with van der Waals surface area (Å²) in [5.41, 5.74) is 27.5. The zero-order valence-corrected chi connectivity index (χ0v) is 76.3. The third-order valence-corrected chi connectivity index (χ3v) is 30.2. The molecule has 0 radical (unpaired) electrons. The van der Waals surface area contributed by atoms with Crippen LogP contribution in [0, 0.1) is 48.5 Å². The Morgan fingerprint density at radius 1 is 0.157 bits per heavy atom. The Hall–Kier alpha value is -13.7. The molecule has 25 rings (SSSR count). The number of thiophene rings is 5. The average molecular weight is 1720 g/mol. The van der Waals surface area contributed by atoms with Gasteiger partial charge < -0.3 is 0 Å². The third kappa shape index (κ3) is 17.3. The maximum atomic E-state index is 2.37. The van der Waals surface area contributed by atoms with E-state index in [2.05, 4.69) is 485 Å². The van der Waals surface area contributed by atoms with Gasteiger partial charge in [0.25, 0.3) is 0 Å². The fraction of sp³-hybridized carbons (Fsp3) is 0.0656. The van der Waals surface area contributed by atoms with Crippen LogP contribution in [0.25, 0.3) is 156 Å². The van der Waals surface area contributed by atoms with Crippen LogP contribution in [0.15, 0.2) is 443 Å². The maximum absolute atomic E-state index is 2.37. The quantitative estimate of drug-likeness (QED) is 0.156. The number of hydrogen-bond donors (Lipinski definition) is 0. The van der Waals surface area contributed by atoms with E-state index in [1.807, 2.05) is 62.8 Å². The highest BCUT2D eigenvalue weighted by atomic mass is 32.1. The van der Waals surface area contributed by atoms with Crippen molar-refractivity contribution >= 4 is 158 Å². The molecule has 19 aromatic carbocycles. The van der Waals surface area contributed by atoms with E-state index in [4.69, 9.17) is 0 Å². The second-order valence-corrected chi connectivity index (χ2v) is 38.3. The van der Waals surface area contributed by atoms with Crippen molar-refractivity contribution in [2.75, 3.05) is 0 Å². The molecule has 0 unspecified atom stereocenters. The molecular weight excluding hydrogens is 1630 g/mol. The molecule has 5 aromatic heterocycles. The molecule has 127 heavy (non-hydrogen) atoms. The van der Waals surface area contributed by atoms with Crippen LogP contribution in [0.5, 0.6) is 0 Å². The van der Waals surface area contributed by atoms with E-state index in [1.165, 1.54) is 218 Å². The van der Waals surface area contributed by atoms with E-state index in [0.717, 1.165) is 0 Å². The second kappa shape index (κ2) is 37.2. The first-order valence-corrected chi connectivity index (χ1v) is 47.6. The third-order valence-electron chi connectivity index (χ3n) is 24.1. The summed E-state index contributed by atoms with van der Waals surface area (Å²) in [4.78, 5) is 0. The Morgan fingerprint density at radius 3 is 1.01 bits per heavy atom. The van der Waals surface area contributed by atoms with E-state index < -0.39 is 0 Å². The van der Waals surface area contributed by atoms with Crippen LogP contribution < -0.4 is 0 Å². The highest BCUT2D eigenvalue weighted by Gasteiger charge is 2.46. The van der Waals surface area contributed by atoms with Gasteiger partial charge in [0.05, 0.1) is 5.41 Å². The Morgan fingerprint density at radius 2 is 0.472 bits per heavy atom. The molecule has 0 amide bonds. The molecule has 0 nitrogen and oxygen atoms in total. The van der Waals surface area contributed by atoms with E-state index in [0.29, 0.717) is 0 Å². The van der Waals surface area contributed by atoms with Gasteiger partial charge in [0.15, 0.2) is 0 Å². The average Bonchev–Trinajstić information content (AvgIpc) is 1.55. The van der Waals surface area contributed by atoms with Gasteiger partial charge in [-0.05, 0) is 187 Å². The molecule has 5 heteroatoms. The Bertz CT molecular complexity index is 7950. The molecule has 1 aliphatic rings. The smallest absolute Gasteiger partial charge is 0.0713 e. The van der Waals surface area contributed by atoms with Crippen molar-refractivity contribution in [1.82, 2.24) is 0 Å². The Kier molecular flexibility index (Phi) is 24.3. The van der Waals surface area contributed by atoms with Crippen LogP contribution >= 0.6 is 56.7 Å².